The number of hydrogen-bond acceptors (Lipinski definition) is 1. The molecule has 0 aliphatic rings. The van der Waals surface area contributed by atoms with E-state index in [9.17, 15) is 4.79 Å². The Balaban J connectivity index is 2.79. The second kappa shape index (κ2) is 6.20. The molecule has 0 saturated heterocycles. The van der Waals surface area contributed by atoms with Gasteiger partial charge in [-0.3, -0.25) is 4.79 Å². The van der Waals surface area contributed by atoms with Gasteiger partial charge in [0.05, 0.1) is 10.9 Å². The lowest BCUT2D eigenvalue weighted by atomic mass is 10.1. The van der Waals surface area contributed by atoms with E-state index in [2.05, 4.69) is 54.0 Å². The summed E-state index contributed by atoms with van der Waals surface area (Å²) in [6.45, 7) is 6.12. The van der Waals surface area contributed by atoms with Crippen LogP contribution in [-0.4, -0.2) is 22.7 Å². The minimum Gasteiger partial charge on any atom is -0.338 e. The van der Waals surface area contributed by atoms with Gasteiger partial charge in [-0.2, -0.15) is 0 Å². The molecule has 0 heterocycles. The fraction of sp³-hybridized carbons (Fsp3) is 0.500. The molecule has 0 bridgehead atoms. The molecule has 0 radical (unpaired) electrons. The molecule has 0 saturated carbocycles. The fourth-order valence-corrected chi connectivity index (χ4v) is 1.98. The van der Waals surface area contributed by atoms with Gasteiger partial charge in [0.1, 0.15) is 0 Å². The maximum absolute atomic E-state index is 12.0. The second-order valence-corrected chi connectivity index (χ2v) is 5.52. The Morgan fingerprint density at radius 1 is 1.35 bits per heavy atom. The summed E-state index contributed by atoms with van der Waals surface area (Å²) in [6, 6.07) is 8.43. The van der Waals surface area contributed by atoms with Crippen molar-refractivity contribution < 1.29 is 4.79 Å². The highest BCUT2D eigenvalue weighted by Gasteiger charge is 2.22. The molecule has 0 aliphatic carbocycles. The first-order valence-corrected chi connectivity index (χ1v) is 6.86. The Morgan fingerprint density at radius 2 is 1.88 bits per heavy atom. The van der Waals surface area contributed by atoms with Crippen LogP contribution in [0.1, 0.15) is 37.4 Å². The topological polar surface area (TPSA) is 20.3 Å². The summed E-state index contributed by atoms with van der Waals surface area (Å²) < 4.78 is 0. The van der Waals surface area contributed by atoms with Crippen LogP contribution < -0.4 is 0 Å². The van der Waals surface area contributed by atoms with Gasteiger partial charge in [0, 0.05) is 7.05 Å². The van der Waals surface area contributed by atoms with Crippen molar-refractivity contribution in [3.63, 3.8) is 0 Å². The number of benzene rings is 1. The van der Waals surface area contributed by atoms with E-state index in [0.29, 0.717) is 0 Å². The monoisotopic (exact) mass is 297 g/mol. The number of halogens is 1. The van der Waals surface area contributed by atoms with Gasteiger partial charge in [0.15, 0.2) is 0 Å². The Bertz CT molecular complexity index is 374. The third-order valence-corrected chi connectivity index (χ3v) is 4.15. The summed E-state index contributed by atoms with van der Waals surface area (Å²) in [4.78, 5) is 13.8. The lowest BCUT2D eigenvalue weighted by Crippen LogP contribution is -2.35. The summed E-state index contributed by atoms with van der Waals surface area (Å²) in [5.74, 6) is 0.139. The molecule has 1 rings (SSSR count). The van der Waals surface area contributed by atoms with Crippen molar-refractivity contribution in [2.24, 2.45) is 0 Å². The Morgan fingerprint density at radius 3 is 2.35 bits per heavy atom. The van der Waals surface area contributed by atoms with Gasteiger partial charge in [-0.15, -0.1) is 0 Å². The van der Waals surface area contributed by atoms with Crippen LogP contribution in [-0.2, 0) is 4.79 Å². The van der Waals surface area contributed by atoms with Crippen LogP contribution in [0.4, 0.5) is 0 Å². The van der Waals surface area contributed by atoms with Crippen molar-refractivity contribution in [1.82, 2.24) is 4.90 Å². The number of rotatable bonds is 4. The Hall–Kier alpha value is -0.830. The molecule has 2 atom stereocenters. The first-order chi connectivity index (χ1) is 7.97. The zero-order valence-electron chi connectivity index (χ0n) is 10.9. The maximum atomic E-state index is 12.0. The first-order valence-electron chi connectivity index (χ1n) is 5.94. The van der Waals surface area contributed by atoms with Gasteiger partial charge in [0.2, 0.25) is 5.91 Å². The molecule has 94 valence electrons. The van der Waals surface area contributed by atoms with Gasteiger partial charge >= 0.3 is 0 Å². The number of carbonyl (C=O) groups is 1. The summed E-state index contributed by atoms with van der Waals surface area (Å²) >= 11 is 3.40. The highest BCUT2D eigenvalue weighted by molar-refractivity contribution is 9.10. The van der Waals surface area contributed by atoms with Crippen LogP contribution in [0, 0.1) is 6.92 Å². The van der Waals surface area contributed by atoms with Crippen molar-refractivity contribution >= 4 is 21.8 Å². The second-order valence-electron chi connectivity index (χ2n) is 4.41. The predicted octanol–water partition coefficient (Wildman–Crippen LogP) is 3.69. The summed E-state index contributed by atoms with van der Waals surface area (Å²) in [6.07, 6.45) is 0.809. The van der Waals surface area contributed by atoms with Crippen molar-refractivity contribution in [2.75, 3.05) is 7.05 Å². The number of aryl methyl sites for hydroxylation is 1. The molecular weight excluding hydrogens is 278 g/mol. The molecule has 1 amide bonds. The van der Waals surface area contributed by atoms with Crippen molar-refractivity contribution in [3.8, 4) is 0 Å². The maximum Gasteiger partial charge on any atom is 0.236 e. The average molecular weight is 298 g/mol. The van der Waals surface area contributed by atoms with Crippen molar-refractivity contribution in [3.05, 3.63) is 35.4 Å². The fourth-order valence-electron chi connectivity index (χ4n) is 1.66. The first kappa shape index (κ1) is 14.2. The minimum atomic E-state index is -0.0830. The van der Waals surface area contributed by atoms with E-state index in [1.807, 2.05) is 14.0 Å². The van der Waals surface area contributed by atoms with Gasteiger partial charge in [-0.25, -0.2) is 0 Å². The number of carbonyl (C=O) groups excluding carboxylic acids is 1. The quantitative estimate of drug-likeness (QED) is 0.776. The average Bonchev–Trinajstić information content (AvgIpc) is 2.36. The third-order valence-electron chi connectivity index (χ3n) is 3.11. The lowest BCUT2D eigenvalue weighted by Gasteiger charge is -2.27. The van der Waals surface area contributed by atoms with E-state index in [-0.39, 0.29) is 16.8 Å². The number of alkyl halides is 1. The predicted molar refractivity (Wildman–Crippen MR) is 75.4 cm³/mol. The van der Waals surface area contributed by atoms with Gasteiger partial charge < -0.3 is 4.90 Å². The normalized spacial score (nSPS) is 14.2. The molecule has 0 aromatic heterocycles. The van der Waals surface area contributed by atoms with Crippen LogP contribution >= 0.6 is 15.9 Å². The highest BCUT2D eigenvalue weighted by Crippen LogP contribution is 2.21. The number of amides is 1. The Kier molecular flexibility index (Phi) is 5.19. The minimum absolute atomic E-state index is 0.0830. The van der Waals surface area contributed by atoms with E-state index >= 15 is 0 Å². The van der Waals surface area contributed by atoms with Gasteiger partial charge in [-0.05, 0) is 25.8 Å². The zero-order valence-corrected chi connectivity index (χ0v) is 12.5. The lowest BCUT2D eigenvalue weighted by molar-refractivity contribution is -0.131. The van der Waals surface area contributed by atoms with Crippen LogP contribution in [0.25, 0.3) is 0 Å². The molecule has 0 N–H and O–H groups in total. The molecular formula is C14H20BrNO. The van der Waals surface area contributed by atoms with E-state index in [1.54, 1.807) is 4.90 Å². The van der Waals surface area contributed by atoms with Gasteiger partial charge in [0.25, 0.3) is 0 Å². The van der Waals surface area contributed by atoms with Gasteiger partial charge in [-0.1, -0.05) is 52.7 Å². The molecule has 2 unspecified atom stereocenters. The summed E-state index contributed by atoms with van der Waals surface area (Å²) in [7, 11) is 1.86. The smallest absolute Gasteiger partial charge is 0.236 e. The van der Waals surface area contributed by atoms with Crippen LogP contribution in [0.15, 0.2) is 24.3 Å². The molecule has 3 heteroatoms. The largest absolute Gasteiger partial charge is 0.338 e. The summed E-state index contributed by atoms with van der Waals surface area (Å²) in [5, 5.41) is 0. The highest BCUT2D eigenvalue weighted by atomic mass is 79.9. The standard InChI is InChI=1S/C14H20BrNO/c1-5-13(15)14(17)16(4)11(3)12-8-6-10(2)7-9-12/h6-9,11,13H,5H2,1-4H3. The molecule has 2 nitrogen and oxygen atoms in total. The molecule has 0 fully saturated rings. The molecule has 0 aliphatic heterocycles. The van der Waals surface area contributed by atoms with Crippen LogP contribution in [0.5, 0.6) is 0 Å². The van der Waals surface area contributed by atoms with Crippen LogP contribution in [0.3, 0.4) is 0 Å². The number of hydrogen-bond donors (Lipinski definition) is 0. The Labute approximate surface area is 112 Å². The van der Waals surface area contributed by atoms with E-state index in [4.69, 9.17) is 0 Å². The van der Waals surface area contributed by atoms with E-state index in [1.165, 1.54) is 11.1 Å². The third kappa shape index (κ3) is 3.56. The van der Waals surface area contributed by atoms with E-state index < -0.39 is 0 Å². The summed E-state index contributed by atoms with van der Waals surface area (Å²) in [5.41, 5.74) is 2.41. The molecule has 1 aromatic rings. The van der Waals surface area contributed by atoms with Crippen molar-refractivity contribution in [2.45, 2.75) is 38.1 Å². The van der Waals surface area contributed by atoms with Crippen molar-refractivity contribution in [1.29, 1.82) is 0 Å². The molecule has 17 heavy (non-hydrogen) atoms. The molecule has 1 aromatic carbocycles. The number of nitrogens with zero attached hydrogens (tertiary/aromatic N) is 1. The molecule has 0 spiro atoms. The zero-order chi connectivity index (χ0) is 13.0. The van der Waals surface area contributed by atoms with E-state index in [0.717, 1.165) is 6.42 Å². The van der Waals surface area contributed by atoms with Crippen LogP contribution in [0.2, 0.25) is 0 Å². The SMILES string of the molecule is CCC(Br)C(=O)N(C)C(C)c1ccc(C)cc1.